The van der Waals surface area contributed by atoms with Gasteiger partial charge in [0.25, 0.3) is 11.5 Å². The first-order chi connectivity index (χ1) is 8.10. The second kappa shape index (κ2) is 6.05. The molecule has 0 aromatic carbocycles. The van der Waals surface area contributed by atoms with Gasteiger partial charge < -0.3 is 20.4 Å². The summed E-state index contributed by atoms with van der Waals surface area (Å²) in [6.45, 7) is 2.02. The van der Waals surface area contributed by atoms with Gasteiger partial charge in [0.05, 0.1) is 0 Å². The lowest BCUT2D eigenvalue weighted by molar-refractivity contribution is -0.122. The van der Waals surface area contributed by atoms with Crippen LogP contribution < -0.4 is 21.3 Å². The highest BCUT2D eigenvalue weighted by Gasteiger charge is 2.09. The predicted molar refractivity (Wildman–Crippen MR) is 64.0 cm³/mol. The predicted octanol–water partition coefficient (Wildman–Crippen LogP) is -0.507. The highest BCUT2D eigenvalue weighted by atomic mass is 16.5. The molecule has 1 aromatic rings. The molecule has 1 unspecified atom stereocenters. The lowest BCUT2D eigenvalue weighted by atomic mass is 10.3. The maximum Gasteiger partial charge on any atom is 0.293 e. The maximum atomic E-state index is 11.9. The Morgan fingerprint density at radius 3 is 2.94 bits per heavy atom. The van der Waals surface area contributed by atoms with Crippen LogP contribution in [0.25, 0.3) is 0 Å². The third kappa shape index (κ3) is 3.32. The van der Waals surface area contributed by atoms with Crippen LogP contribution in [0, 0.1) is 0 Å². The van der Waals surface area contributed by atoms with E-state index in [1.54, 1.807) is 12.3 Å². The standard InChI is InChI=1S/C11H17N3O3/c1-8(6-12)14-5-3-4-9(11(14)16)17-7-10(15)13-2/h3-5,8H,6-7,12H2,1-2H3,(H,13,15). The minimum Gasteiger partial charge on any atom is -0.478 e. The van der Waals surface area contributed by atoms with Gasteiger partial charge in [0.1, 0.15) is 0 Å². The van der Waals surface area contributed by atoms with Gasteiger partial charge >= 0.3 is 0 Å². The van der Waals surface area contributed by atoms with Crippen molar-refractivity contribution < 1.29 is 9.53 Å². The molecular weight excluding hydrogens is 222 g/mol. The summed E-state index contributed by atoms with van der Waals surface area (Å²) in [7, 11) is 1.51. The highest BCUT2D eigenvalue weighted by molar-refractivity contribution is 5.77. The first-order valence-electron chi connectivity index (χ1n) is 5.34. The van der Waals surface area contributed by atoms with Crippen LogP contribution in [0.4, 0.5) is 0 Å². The monoisotopic (exact) mass is 239 g/mol. The summed E-state index contributed by atoms with van der Waals surface area (Å²) in [6, 6.07) is 3.11. The van der Waals surface area contributed by atoms with E-state index in [-0.39, 0.29) is 29.9 Å². The van der Waals surface area contributed by atoms with Crippen LogP contribution >= 0.6 is 0 Å². The molecular formula is C11H17N3O3. The molecule has 3 N–H and O–H groups in total. The zero-order valence-corrected chi connectivity index (χ0v) is 9.97. The molecule has 0 saturated heterocycles. The summed E-state index contributed by atoms with van der Waals surface area (Å²) in [5.74, 6) is -0.136. The number of aromatic nitrogens is 1. The Labute approximate surface area is 99.4 Å². The highest BCUT2D eigenvalue weighted by Crippen LogP contribution is 2.06. The van der Waals surface area contributed by atoms with Crippen LogP contribution in [0.2, 0.25) is 0 Å². The van der Waals surface area contributed by atoms with Gasteiger partial charge in [-0.3, -0.25) is 9.59 Å². The van der Waals surface area contributed by atoms with Gasteiger partial charge in [-0.05, 0) is 19.1 Å². The van der Waals surface area contributed by atoms with Crippen molar-refractivity contribution in [3.8, 4) is 5.75 Å². The van der Waals surface area contributed by atoms with E-state index in [0.717, 1.165) is 0 Å². The lowest BCUT2D eigenvalue weighted by Gasteiger charge is -2.13. The van der Waals surface area contributed by atoms with E-state index in [2.05, 4.69) is 5.32 Å². The van der Waals surface area contributed by atoms with Crippen molar-refractivity contribution in [3.05, 3.63) is 28.7 Å². The fourth-order valence-corrected chi connectivity index (χ4v) is 1.28. The van der Waals surface area contributed by atoms with Gasteiger partial charge in [0.15, 0.2) is 12.4 Å². The molecule has 6 heteroatoms. The van der Waals surface area contributed by atoms with Gasteiger partial charge in [-0.2, -0.15) is 0 Å². The lowest BCUT2D eigenvalue weighted by Crippen LogP contribution is -2.30. The van der Waals surface area contributed by atoms with Crippen LogP contribution in [0.15, 0.2) is 23.1 Å². The Kier molecular flexibility index (Phi) is 4.71. The molecule has 17 heavy (non-hydrogen) atoms. The van der Waals surface area contributed by atoms with Gasteiger partial charge in [0.2, 0.25) is 0 Å². The van der Waals surface area contributed by atoms with Crippen molar-refractivity contribution in [2.75, 3.05) is 20.2 Å². The molecule has 0 radical (unpaired) electrons. The van der Waals surface area contributed by atoms with E-state index >= 15 is 0 Å². The largest absolute Gasteiger partial charge is 0.478 e. The van der Waals surface area contributed by atoms with Crippen LogP contribution in [0.3, 0.4) is 0 Å². The zero-order valence-electron chi connectivity index (χ0n) is 9.97. The molecule has 1 heterocycles. The van der Waals surface area contributed by atoms with Crippen LogP contribution in [-0.4, -0.2) is 30.7 Å². The van der Waals surface area contributed by atoms with Crippen molar-refractivity contribution in [1.82, 2.24) is 9.88 Å². The minimum atomic E-state index is -0.285. The fourth-order valence-electron chi connectivity index (χ4n) is 1.28. The molecule has 0 aliphatic rings. The van der Waals surface area contributed by atoms with E-state index in [1.807, 2.05) is 6.92 Å². The van der Waals surface area contributed by atoms with Crippen molar-refractivity contribution in [2.24, 2.45) is 5.73 Å². The maximum absolute atomic E-state index is 11.9. The van der Waals surface area contributed by atoms with E-state index < -0.39 is 0 Å². The molecule has 0 fully saturated rings. The average molecular weight is 239 g/mol. The topological polar surface area (TPSA) is 86.3 Å². The molecule has 0 spiro atoms. The van der Waals surface area contributed by atoms with E-state index in [4.69, 9.17) is 10.5 Å². The summed E-state index contributed by atoms with van der Waals surface area (Å²) in [4.78, 5) is 22.9. The Balaban J connectivity index is 2.87. The smallest absolute Gasteiger partial charge is 0.293 e. The summed E-state index contributed by atoms with van der Waals surface area (Å²) in [5.41, 5.74) is 5.22. The fraction of sp³-hybridized carbons (Fsp3) is 0.455. The molecule has 1 atom stereocenters. The molecule has 0 aliphatic carbocycles. The van der Waals surface area contributed by atoms with Gasteiger partial charge in [-0.15, -0.1) is 0 Å². The van der Waals surface area contributed by atoms with Gasteiger partial charge in [-0.25, -0.2) is 0 Å². The molecule has 0 saturated carbocycles. The summed E-state index contributed by atoms with van der Waals surface area (Å²) in [6.07, 6.45) is 1.65. The minimum absolute atomic E-state index is 0.106. The van der Waals surface area contributed by atoms with E-state index in [0.29, 0.717) is 6.54 Å². The van der Waals surface area contributed by atoms with Crippen molar-refractivity contribution >= 4 is 5.91 Å². The molecule has 1 amide bonds. The Morgan fingerprint density at radius 2 is 2.35 bits per heavy atom. The summed E-state index contributed by atoms with van der Waals surface area (Å²) in [5, 5.41) is 2.41. The number of carbonyl (C=O) groups excluding carboxylic acids is 1. The third-order valence-electron chi connectivity index (χ3n) is 2.39. The number of carbonyl (C=O) groups is 1. The molecule has 94 valence electrons. The molecule has 1 aromatic heterocycles. The Hall–Kier alpha value is -1.82. The number of rotatable bonds is 5. The van der Waals surface area contributed by atoms with Crippen LogP contribution in [0.1, 0.15) is 13.0 Å². The second-order valence-corrected chi connectivity index (χ2v) is 3.63. The number of nitrogens with zero attached hydrogens (tertiary/aromatic N) is 1. The van der Waals surface area contributed by atoms with Crippen LogP contribution in [-0.2, 0) is 4.79 Å². The number of ether oxygens (including phenoxy) is 1. The number of amides is 1. The second-order valence-electron chi connectivity index (χ2n) is 3.63. The van der Waals surface area contributed by atoms with E-state index in [1.165, 1.54) is 17.7 Å². The first-order valence-corrected chi connectivity index (χ1v) is 5.34. The molecule has 0 aliphatic heterocycles. The Bertz CT molecular complexity index is 442. The number of hydrogen-bond acceptors (Lipinski definition) is 4. The average Bonchev–Trinajstić information content (AvgIpc) is 2.36. The van der Waals surface area contributed by atoms with E-state index in [9.17, 15) is 9.59 Å². The SMILES string of the molecule is CNC(=O)COc1cccn(C(C)CN)c1=O. The van der Waals surface area contributed by atoms with Crippen molar-refractivity contribution in [3.63, 3.8) is 0 Å². The quantitative estimate of drug-likeness (QED) is 0.724. The number of pyridine rings is 1. The van der Waals surface area contributed by atoms with Gasteiger partial charge in [-0.1, -0.05) is 0 Å². The van der Waals surface area contributed by atoms with Crippen molar-refractivity contribution in [2.45, 2.75) is 13.0 Å². The normalized spacial score (nSPS) is 11.9. The molecule has 6 nitrogen and oxygen atoms in total. The van der Waals surface area contributed by atoms with Crippen LogP contribution in [0.5, 0.6) is 5.75 Å². The number of nitrogens with two attached hydrogens (primary N) is 1. The number of nitrogens with one attached hydrogen (secondary N) is 1. The number of hydrogen-bond donors (Lipinski definition) is 2. The first kappa shape index (κ1) is 13.2. The third-order valence-corrected chi connectivity index (χ3v) is 2.39. The van der Waals surface area contributed by atoms with Gasteiger partial charge in [0, 0.05) is 25.8 Å². The zero-order chi connectivity index (χ0) is 12.8. The number of likely N-dealkylation sites (N-methyl/N-ethyl adjacent to an activating group) is 1. The molecule has 0 bridgehead atoms. The van der Waals surface area contributed by atoms with Crippen molar-refractivity contribution in [1.29, 1.82) is 0 Å². The summed E-state index contributed by atoms with van der Waals surface area (Å²) >= 11 is 0. The summed E-state index contributed by atoms with van der Waals surface area (Å²) < 4.78 is 6.62. The molecule has 1 rings (SSSR count). The Morgan fingerprint density at radius 1 is 1.65 bits per heavy atom.